The van der Waals surface area contributed by atoms with E-state index >= 15 is 0 Å². The van der Waals surface area contributed by atoms with E-state index in [1.807, 2.05) is 43.3 Å². The lowest BCUT2D eigenvalue weighted by molar-refractivity contribution is 0.0628. The molecule has 0 saturated heterocycles. The maximum Gasteiger partial charge on any atom is 0.119 e. The monoisotopic (exact) mass is 376 g/mol. The Hall–Kier alpha value is -2.69. The summed E-state index contributed by atoms with van der Waals surface area (Å²) in [6.45, 7) is 6.49. The van der Waals surface area contributed by atoms with Crippen LogP contribution in [0.2, 0.25) is 0 Å². The molecule has 0 fully saturated rings. The average Bonchev–Trinajstić information content (AvgIpc) is 2.70. The normalized spacial score (nSPS) is 12.1. The van der Waals surface area contributed by atoms with Gasteiger partial charge < -0.3 is 9.84 Å². The fourth-order valence-corrected chi connectivity index (χ4v) is 3.14. The molecule has 0 amide bonds. The largest absolute Gasteiger partial charge is 0.491 e. The second-order valence-corrected chi connectivity index (χ2v) is 7.23. The molecule has 0 aliphatic heterocycles. The number of rotatable bonds is 9. The summed E-state index contributed by atoms with van der Waals surface area (Å²) in [5.41, 5.74) is 4.89. The number of ether oxygens (including phenoxy) is 1. The van der Waals surface area contributed by atoms with Crippen molar-refractivity contribution in [2.24, 2.45) is 0 Å². The molecule has 4 heteroatoms. The Morgan fingerprint density at radius 1 is 0.929 bits per heavy atom. The highest BCUT2D eigenvalue weighted by Gasteiger charge is 2.15. The summed E-state index contributed by atoms with van der Waals surface area (Å²) in [6.07, 6.45) is 3.03. The fraction of sp³-hybridized carbons (Fsp3) is 0.292. The van der Waals surface area contributed by atoms with Crippen LogP contribution in [0.3, 0.4) is 0 Å². The Kier molecular flexibility index (Phi) is 7.18. The van der Waals surface area contributed by atoms with E-state index < -0.39 is 6.10 Å². The number of aliphatic hydroxyl groups is 1. The lowest BCUT2D eigenvalue weighted by Gasteiger charge is -2.26. The minimum absolute atomic E-state index is 0.268. The highest BCUT2D eigenvalue weighted by molar-refractivity contribution is 5.27. The molecule has 1 N–H and O–H groups in total. The number of nitrogens with zero attached hydrogens (tertiary/aromatic N) is 2. The van der Waals surface area contributed by atoms with E-state index in [0.29, 0.717) is 6.54 Å². The van der Waals surface area contributed by atoms with Crippen LogP contribution in [-0.2, 0) is 13.1 Å². The molecule has 0 saturated carbocycles. The molecule has 146 valence electrons. The Labute approximate surface area is 167 Å². The van der Waals surface area contributed by atoms with Gasteiger partial charge in [0.1, 0.15) is 18.5 Å². The molecule has 0 spiro atoms. The summed E-state index contributed by atoms with van der Waals surface area (Å²) >= 11 is 0. The summed E-state index contributed by atoms with van der Waals surface area (Å²) in [6, 6.07) is 20.3. The van der Waals surface area contributed by atoms with Crippen molar-refractivity contribution in [2.75, 3.05) is 13.2 Å². The summed E-state index contributed by atoms with van der Waals surface area (Å²) in [4.78, 5) is 6.34. The Balaban J connectivity index is 1.63. The van der Waals surface area contributed by atoms with Crippen LogP contribution in [0, 0.1) is 13.8 Å². The number of aryl methyl sites for hydroxylation is 2. The van der Waals surface area contributed by atoms with E-state index in [1.165, 1.54) is 22.3 Å². The van der Waals surface area contributed by atoms with Gasteiger partial charge in [0, 0.05) is 32.0 Å². The van der Waals surface area contributed by atoms with Gasteiger partial charge in [0.05, 0.1) is 0 Å². The SMILES string of the molecule is Cc1ccc(OCC(O)CN(Cc2ccncc2)Cc2ccccc2C)cc1. The number of aliphatic hydroxyl groups excluding tert-OH is 1. The first-order valence-corrected chi connectivity index (χ1v) is 9.63. The van der Waals surface area contributed by atoms with Crippen molar-refractivity contribution in [1.29, 1.82) is 0 Å². The van der Waals surface area contributed by atoms with Gasteiger partial charge in [-0.2, -0.15) is 0 Å². The number of pyridine rings is 1. The highest BCUT2D eigenvalue weighted by atomic mass is 16.5. The molecule has 0 radical (unpaired) electrons. The first-order valence-electron chi connectivity index (χ1n) is 9.63. The van der Waals surface area contributed by atoms with Gasteiger partial charge >= 0.3 is 0 Å². The first-order chi connectivity index (χ1) is 13.6. The summed E-state index contributed by atoms with van der Waals surface area (Å²) in [5, 5.41) is 10.6. The standard InChI is InChI=1S/C24H28N2O2/c1-19-7-9-24(10-8-19)28-18-23(27)17-26(15-21-11-13-25-14-12-21)16-22-6-4-3-5-20(22)2/h3-14,23,27H,15-18H2,1-2H3. The van der Waals surface area contributed by atoms with Crippen molar-refractivity contribution in [2.45, 2.75) is 33.0 Å². The van der Waals surface area contributed by atoms with Gasteiger partial charge in [-0.3, -0.25) is 9.88 Å². The minimum Gasteiger partial charge on any atom is -0.491 e. The fourth-order valence-electron chi connectivity index (χ4n) is 3.14. The molecule has 3 rings (SSSR count). The quantitative estimate of drug-likeness (QED) is 0.610. The Bertz CT molecular complexity index is 850. The molecule has 1 unspecified atom stereocenters. The van der Waals surface area contributed by atoms with E-state index in [1.54, 1.807) is 12.4 Å². The molecule has 0 bridgehead atoms. The topological polar surface area (TPSA) is 45.6 Å². The third-order valence-corrected chi connectivity index (χ3v) is 4.74. The molecule has 1 atom stereocenters. The number of hydrogen-bond donors (Lipinski definition) is 1. The molecule has 0 aliphatic carbocycles. The van der Waals surface area contributed by atoms with Crippen molar-refractivity contribution >= 4 is 0 Å². The van der Waals surface area contributed by atoms with Crippen LogP contribution in [0.1, 0.15) is 22.3 Å². The zero-order valence-corrected chi connectivity index (χ0v) is 16.6. The molecular weight excluding hydrogens is 348 g/mol. The zero-order chi connectivity index (χ0) is 19.8. The predicted molar refractivity (Wildman–Crippen MR) is 112 cm³/mol. The van der Waals surface area contributed by atoms with Crippen molar-refractivity contribution in [3.63, 3.8) is 0 Å². The van der Waals surface area contributed by atoms with Crippen LogP contribution in [0.15, 0.2) is 73.1 Å². The van der Waals surface area contributed by atoms with Crippen LogP contribution in [-0.4, -0.2) is 34.2 Å². The molecule has 0 aliphatic rings. The highest BCUT2D eigenvalue weighted by Crippen LogP contribution is 2.15. The maximum absolute atomic E-state index is 10.6. The smallest absolute Gasteiger partial charge is 0.119 e. The molecule has 4 nitrogen and oxygen atoms in total. The van der Waals surface area contributed by atoms with Crippen molar-refractivity contribution in [3.8, 4) is 5.75 Å². The third-order valence-electron chi connectivity index (χ3n) is 4.74. The second-order valence-electron chi connectivity index (χ2n) is 7.23. The van der Waals surface area contributed by atoms with Crippen molar-refractivity contribution < 1.29 is 9.84 Å². The van der Waals surface area contributed by atoms with Crippen LogP contribution >= 0.6 is 0 Å². The minimum atomic E-state index is -0.577. The van der Waals surface area contributed by atoms with E-state index in [9.17, 15) is 5.11 Å². The summed E-state index contributed by atoms with van der Waals surface area (Å²) in [5.74, 6) is 0.782. The van der Waals surface area contributed by atoms with Gasteiger partial charge in [-0.25, -0.2) is 0 Å². The molecule has 3 aromatic rings. The summed E-state index contributed by atoms with van der Waals surface area (Å²) in [7, 11) is 0. The van der Waals surface area contributed by atoms with E-state index in [-0.39, 0.29) is 6.61 Å². The van der Waals surface area contributed by atoms with Crippen molar-refractivity contribution in [3.05, 3.63) is 95.3 Å². The van der Waals surface area contributed by atoms with Crippen LogP contribution in [0.25, 0.3) is 0 Å². The van der Waals surface area contributed by atoms with Crippen LogP contribution in [0.4, 0.5) is 0 Å². The van der Waals surface area contributed by atoms with Gasteiger partial charge in [-0.15, -0.1) is 0 Å². The zero-order valence-electron chi connectivity index (χ0n) is 16.6. The number of hydrogen-bond acceptors (Lipinski definition) is 4. The Morgan fingerprint density at radius 3 is 2.36 bits per heavy atom. The van der Waals surface area contributed by atoms with Crippen LogP contribution < -0.4 is 4.74 Å². The van der Waals surface area contributed by atoms with Gasteiger partial charge in [0.15, 0.2) is 0 Å². The molecule has 2 aromatic carbocycles. The van der Waals surface area contributed by atoms with Gasteiger partial charge in [-0.05, 0) is 54.8 Å². The molecular formula is C24H28N2O2. The van der Waals surface area contributed by atoms with Gasteiger partial charge in [0.25, 0.3) is 0 Å². The Morgan fingerprint density at radius 2 is 1.64 bits per heavy atom. The maximum atomic E-state index is 10.6. The number of benzene rings is 2. The lowest BCUT2D eigenvalue weighted by Crippen LogP contribution is -2.35. The molecule has 1 aromatic heterocycles. The number of aromatic nitrogens is 1. The predicted octanol–water partition coefficient (Wildman–Crippen LogP) is 4.14. The lowest BCUT2D eigenvalue weighted by atomic mass is 10.1. The van der Waals surface area contributed by atoms with E-state index in [2.05, 4.69) is 41.1 Å². The second kappa shape index (κ2) is 10.0. The third kappa shape index (κ3) is 6.19. The van der Waals surface area contributed by atoms with Crippen LogP contribution in [0.5, 0.6) is 5.75 Å². The summed E-state index contributed by atoms with van der Waals surface area (Å²) < 4.78 is 5.76. The molecule has 28 heavy (non-hydrogen) atoms. The van der Waals surface area contributed by atoms with Crippen molar-refractivity contribution in [1.82, 2.24) is 9.88 Å². The molecule has 1 heterocycles. The van der Waals surface area contributed by atoms with Gasteiger partial charge in [0.2, 0.25) is 0 Å². The first kappa shape index (κ1) is 20.1. The van der Waals surface area contributed by atoms with E-state index in [0.717, 1.165) is 18.8 Å². The van der Waals surface area contributed by atoms with E-state index in [4.69, 9.17) is 4.74 Å². The van der Waals surface area contributed by atoms with Gasteiger partial charge in [-0.1, -0.05) is 42.0 Å². The average molecular weight is 377 g/mol.